The molecule has 0 unspecified atom stereocenters. The number of nitrogens with zero attached hydrogens (tertiary/aromatic N) is 2. The van der Waals surface area contributed by atoms with Crippen LogP contribution in [0.25, 0.3) is 5.52 Å². The maximum atomic E-state index is 12.7. The van der Waals surface area contributed by atoms with E-state index in [1.807, 2.05) is 0 Å². The van der Waals surface area contributed by atoms with Gasteiger partial charge in [-0.1, -0.05) is 0 Å². The second-order valence-electron chi connectivity index (χ2n) is 3.83. The van der Waals surface area contributed by atoms with Crippen molar-refractivity contribution in [2.24, 2.45) is 0 Å². The molecule has 0 aliphatic heterocycles. The molecule has 5 nitrogen and oxygen atoms in total. The molecule has 2 heterocycles. The summed E-state index contributed by atoms with van der Waals surface area (Å²) >= 11 is 0. The third kappa shape index (κ3) is 2.40. The molecule has 0 radical (unpaired) electrons. The Morgan fingerprint density at radius 2 is 2.10 bits per heavy atom. The highest BCUT2D eigenvalue weighted by Crippen LogP contribution is 2.31. The monoisotopic (exact) mass is 288 g/mol. The highest BCUT2D eigenvalue weighted by Gasteiger charge is 2.35. The summed E-state index contributed by atoms with van der Waals surface area (Å²) in [6.45, 7) is 1.73. The predicted octanol–water partition coefficient (Wildman–Crippen LogP) is 2.54. The number of pyridine rings is 1. The van der Waals surface area contributed by atoms with Crippen molar-refractivity contribution in [2.75, 3.05) is 13.7 Å². The summed E-state index contributed by atoms with van der Waals surface area (Å²) in [5.41, 5.74) is -1.13. The fraction of sp³-hybridized carbons (Fsp3) is 0.333. The van der Waals surface area contributed by atoms with Crippen LogP contribution in [0.5, 0.6) is 5.88 Å². The number of hydrogen-bond donors (Lipinski definition) is 0. The molecule has 0 N–H and O–H groups in total. The van der Waals surface area contributed by atoms with Gasteiger partial charge in [0, 0.05) is 6.07 Å². The van der Waals surface area contributed by atoms with E-state index in [0.29, 0.717) is 0 Å². The van der Waals surface area contributed by atoms with Gasteiger partial charge in [-0.2, -0.15) is 22.8 Å². The molecule has 2 aromatic rings. The summed E-state index contributed by atoms with van der Waals surface area (Å²) in [5, 5.41) is 3.42. The Kier molecular flexibility index (Phi) is 3.56. The number of methoxy groups -OCH3 is 1. The molecule has 0 saturated heterocycles. The Morgan fingerprint density at radius 3 is 2.65 bits per heavy atom. The van der Waals surface area contributed by atoms with Crippen molar-refractivity contribution in [2.45, 2.75) is 13.1 Å². The Hall–Kier alpha value is -2.25. The SMILES string of the molecule is CCOC(=O)c1ccc(OC)n2nc(C(F)(F)F)cc12. The lowest BCUT2D eigenvalue weighted by Gasteiger charge is -2.07. The topological polar surface area (TPSA) is 52.8 Å². The summed E-state index contributed by atoms with van der Waals surface area (Å²) in [6, 6.07) is 3.48. The van der Waals surface area contributed by atoms with Crippen LogP contribution in [0, 0.1) is 0 Å². The van der Waals surface area contributed by atoms with Gasteiger partial charge < -0.3 is 9.47 Å². The van der Waals surface area contributed by atoms with Crippen LogP contribution >= 0.6 is 0 Å². The predicted molar refractivity (Wildman–Crippen MR) is 62.7 cm³/mol. The maximum absolute atomic E-state index is 12.7. The molecule has 0 fully saturated rings. The lowest BCUT2D eigenvalue weighted by atomic mass is 10.2. The van der Waals surface area contributed by atoms with E-state index in [-0.39, 0.29) is 23.6 Å². The minimum Gasteiger partial charge on any atom is -0.481 e. The maximum Gasteiger partial charge on any atom is 0.435 e. The number of carbonyl (C=O) groups is 1. The van der Waals surface area contributed by atoms with Crippen LogP contribution in [0.3, 0.4) is 0 Å². The Morgan fingerprint density at radius 1 is 1.40 bits per heavy atom. The Labute approximate surface area is 111 Å². The minimum absolute atomic E-state index is 0.00403. The van der Waals surface area contributed by atoms with E-state index in [9.17, 15) is 18.0 Å². The fourth-order valence-electron chi connectivity index (χ4n) is 1.73. The van der Waals surface area contributed by atoms with Crippen LogP contribution in [0.1, 0.15) is 23.0 Å². The number of ether oxygens (including phenoxy) is 2. The van der Waals surface area contributed by atoms with Crippen LogP contribution in [-0.2, 0) is 10.9 Å². The number of aromatic nitrogens is 2. The number of alkyl halides is 3. The van der Waals surface area contributed by atoms with Crippen molar-refractivity contribution in [3.05, 3.63) is 29.5 Å². The molecule has 0 saturated carbocycles. The molecule has 8 heteroatoms. The largest absolute Gasteiger partial charge is 0.481 e. The molecular formula is C12H11F3N2O3. The van der Waals surface area contributed by atoms with Crippen molar-refractivity contribution < 1.29 is 27.4 Å². The van der Waals surface area contributed by atoms with Gasteiger partial charge in [0.1, 0.15) is 0 Å². The molecule has 0 amide bonds. The Balaban J connectivity index is 2.67. The van der Waals surface area contributed by atoms with E-state index < -0.39 is 17.8 Å². The molecule has 0 spiro atoms. The average Bonchev–Trinajstić information content (AvgIpc) is 2.82. The van der Waals surface area contributed by atoms with Crippen molar-refractivity contribution in [1.29, 1.82) is 0 Å². The van der Waals surface area contributed by atoms with E-state index in [1.54, 1.807) is 6.92 Å². The first-order valence-corrected chi connectivity index (χ1v) is 5.69. The van der Waals surface area contributed by atoms with Crippen LogP contribution in [0.4, 0.5) is 13.2 Å². The van der Waals surface area contributed by atoms with Gasteiger partial charge in [-0.05, 0) is 19.1 Å². The lowest BCUT2D eigenvalue weighted by Crippen LogP contribution is -2.08. The summed E-state index contributed by atoms with van der Waals surface area (Å²) < 4.78 is 48.8. The standard InChI is InChI=1S/C12H11F3N2O3/c1-3-20-11(18)7-4-5-10(19-2)17-8(7)6-9(16-17)12(13,14)15/h4-6H,3H2,1-2H3. The first kappa shape index (κ1) is 14.2. The van der Waals surface area contributed by atoms with E-state index in [4.69, 9.17) is 9.47 Å². The van der Waals surface area contributed by atoms with Gasteiger partial charge in [0.05, 0.1) is 24.8 Å². The molecule has 0 bridgehead atoms. The zero-order valence-electron chi connectivity index (χ0n) is 10.7. The van der Waals surface area contributed by atoms with Gasteiger partial charge in [-0.3, -0.25) is 0 Å². The highest BCUT2D eigenvalue weighted by molar-refractivity contribution is 5.97. The van der Waals surface area contributed by atoms with Gasteiger partial charge in [0.15, 0.2) is 5.69 Å². The molecule has 0 aromatic carbocycles. The van der Waals surface area contributed by atoms with E-state index in [0.717, 1.165) is 10.6 Å². The van der Waals surface area contributed by atoms with Crippen LogP contribution in [-0.4, -0.2) is 29.3 Å². The second kappa shape index (κ2) is 5.03. The molecule has 0 atom stereocenters. The fourth-order valence-corrected chi connectivity index (χ4v) is 1.73. The average molecular weight is 288 g/mol. The number of carbonyl (C=O) groups excluding carboxylic acids is 1. The Bertz CT molecular complexity index is 649. The molecule has 2 rings (SSSR count). The number of halogens is 3. The summed E-state index contributed by atoms with van der Waals surface area (Å²) in [4.78, 5) is 11.7. The van der Waals surface area contributed by atoms with Gasteiger partial charge in [-0.25, -0.2) is 4.79 Å². The van der Waals surface area contributed by atoms with E-state index in [1.165, 1.54) is 19.2 Å². The van der Waals surface area contributed by atoms with Crippen LogP contribution in [0.15, 0.2) is 18.2 Å². The molecule has 2 aromatic heterocycles. The first-order valence-electron chi connectivity index (χ1n) is 5.69. The highest BCUT2D eigenvalue weighted by atomic mass is 19.4. The van der Waals surface area contributed by atoms with Gasteiger partial charge in [0.25, 0.3) is 0 Å². The van der Waals surface area contributed by atoms with Crippen molar-refractivity contribution in [3.8, 4) is 5.88 Å². The van der Waals surface area contributed by atoms with Crippen molar-refractivity contribution in [3.63, 3.8) is 0 Å². The van der Waals surface area contributed by atoms with Crippen LogP contribution < -0.4 is 4.74 Å². The van der Waals surface area contributed by atoms with E-state index >= 15 is 0 Å². The smallest absolute Gasteiger partial charge is 0.435 e. The molecule has 0 aliphatic rings. The second-order valence-corrected chi connectivity index (χ2v) is 3.83. The summed E-state index contributed by atoms with van der Waals surface area (Å²) in [7, 11) is 1.30. The first-order chi connectivity index (χ1) is 9.38. The zero-order valence-corrected chi connectivity index (χ0v) is 10.7. The zero-order chi connectivity index (χ0) is 14.9. The number of fused-ring (bicyclic) bond motifs is 1. The third-order valence-corrected chi connectivity index (χ3v) is 2.58. The number of esters is 1. The van der Waals surface area contributed by atoms with Crippen molar-refractivity contribution >= 4 is 11.5 Å². The van der Waals surface area contributed by atoms with Gasteiger partial charge in [0.2, 0.25) is 5.88 Å². The normalized spacial score (nSPS) is 11.7. The quantitative estimate of drug-likeness (QED) is 0.814. The third-order valence-electron chi connectivity index (χ3n) is 2.58. The number of rotatable bonds is 3. The molecule has 108 valence electrons. The molecule has 20 heavy (non-hydrogen) atoms. The van der Waals surface area contributed by atoms with Gasteiger partial charge in [-0.15, -0.1) is 0 Å². The van der Waals surface area contributed by atoms with E-state index in [2.05, 4.69) is 5.10 Å². The lowest BCUT2D eigenvalue weighted by molar-refractivity contribution is -0.141. The minimum atomic E-state index is -4.61. The van der Waals surface area contributed by atoms with Crippen molar-refractivity contribution in [1.82, 2.24) is 9.61 Å². The summed E-state index contributed by atoms with van der Waals surface area (Å²) in [5.74, 6) is -0.627. The number of hydrogen-bond acceptors (Lipinski definition) is 4. The summed E-state index contributed by atoms with van der Waals surface area (Å²) in [6.07, 6.45) is -4.61. The molecular weight excluding hydrogens is 277 g/mol. The van der Waals surface area contributed by atoms with Crippen LogP contribution in [0.2, 0.25) is 0 Å². The van der Waals surface area contributed by atoms with Gasteiger partial charge >= 0.3 is 12.1 Å². The molecule has 0 aliphatic carbocycles.